The van der Waals surface area contributed by atoms with Gasteiger partial charge < -0.3 is 15.5 Å². The summed E-state index contributed by atoms with van der Waals surface area (Å²) >= 11 is 0. The third-order valence-corrected chi connectivity index (χ3v) is 3.80. The van der Waals surface area contributed by atoms with Crippen LogP contribution in [0.4, 0.5) is 5.69 Å². The van der Waals surface area contributed by atoms with Gasteiger partial charge >= 0.3 is 0 Å². The number of amides is 1. The Balaban J connectivity index is 2.08. The Morgan fingerprint density at radius 2 is 2.40 bits per heavy atom. The molecule has 1 aliphatic heterocycles. The predicted molar refractivity (Wildman–Crippen MR) is 81.2 cm³/mol. The van der Waals surface area contributed by atoms with Crippen LogP contribution < -0.4 is 15.5 Å². The Labute approximate surface area is 120 Å². The molecular weight excluding hydrogens is 252 g/mol. The van der Waals surface area contributed by atoms with Gasteiger partial charge in [0.1, 0.15) is 5.69 Å². The number of aromatic nitrogens is 1. The lowest BCUT2D eigenvalue weighted by Crippen LogP contribution is -2.43. The minimum atomic E-state index is -0.140. The zero-order valence-corrected chi connectivity index (χ0v) is 12.4. The van der Waals surface area contributed by atoms with E-state index in [-0.39, 0.29) is 5.91 Å². The first-order chi connectivity index (χ1) is 9.74. The first-order valence-electron chi connectivity index (χ1n) is 7.41. The molecule has 0 aliphatic carbocycles. The molecule has 20 heavy (non-hydrogen) atoms. The van der Waals surface area contributed by atoms with E-state index in [1.807, 2.05) is 12.1 Å². The Morgan fingerprint density at radius 3 is 3.05 bits per heavy atom. The molecule has 1 amide bonds. The smallest absolute Gasteiger partial charge is 0.269 e. The van der Waals surface area contributed by atoms with Crippen molar-refractivity contribution in [1.82, 2.24) is 15.6 Å². The largest absolute Gasteiger partial charge is 0.370 e. The maximum absolute atomic E-state index is 11.7. The van der Waals surface area contributed by atoms with Gasteiger partial charge in [-0.1, -0.05) is 6.42 Å². The number of carbonyl (C=O) groups excluding carboxylic acids is 1. The number of anilines is 1. The molecule has 0 spiro atoms. The fourth-order valence-electron chi connectivity index (χ4n) is 2.63. The van der Waals surface area contributed by atoms with Crippen molar-refractivity contribution >= 4 is 11.6 Å². The number of piperidine rings is 1. The van der Waals surface area contributed by atoms with Gasteiger partial charge in [0.05, 0.1) is 0 Å². The molecule has 0 bridgehead atoms. The third-order valence-electron chi connectivity index (χ3n) is 3.80. The zero-order valence-electron chi connectivity index (χ0n) is 12.4. The van der Waals surface area contributed by atoms with Gasteiger partial charge in [0.15, 0.2) is 0 Å². The van der Waals surface area contributed by atoms with Crippen LogP contribution in [0.2, 0.25) is 0 Å². The lowest BCUT2D eigenvalue weighted by molar-refractivity contribution is 0.0958. The average Bonchev–Trinajstić information content (AvgIpc) is 2.53. The second-order valence-corrected chi connectivity index (χ2v) is 5.16. The quantitative estimate of drug-likeness (QED) is 0.854. The number of likely N-dealkylation sites (N-methyl/N-ethyl adjacent to an activating group) is 1. The minimum Gasteiger partial charge on any atom is -0.370 e. The molecule has 1 aromatic rings. The fraction of sp³-hybridized carbons (Fsp3) is 0.600. The predicted octanol–water partition coefficient (Wildman–Crippen LogP) is 1.41. The summed E-state index contributed by atoms with van der Waals surface area (Å²) in [7, 11) is 1.63. The summed E-state index contributed by atoms with van der Waals surface area (Å²) in [6, 6.07) is 4.38. The van der Waals surface area contributed by atoms with Gasteiger partial charge in [-0.05, 0) is 38.4 Å². The first-order valence-corrected chi connectivity index (χ1v) is 7.41. The maximum Gasteiger partial charge on any atom is 0.269 e. The molecule has 1 saturated heterocycles. The summed E-state index contributed by atoms with van der Waals surface area (Å²) in [4.78, 5) is 18.1. The van der Waals surface area contributed by atoms with Gasteiger partial charge in [-0.15, -0.1) is 0 Å². The number of hydrogen-bond acceptors (Lipinski definition) is 4. The summed E-state index contributed by atoms with van der Waals surface area (Å²) in [5, 5.41) is 6.18. The monoisotopic (exact) mass is 276 g/mol. The lowest BCUT2D eigenvalue weighted by atomic mass is 10.0. The number of nitrogens with zero attached hydrogens (tertiary/aromatic N) is 2. The van der Waals surface area contributed by atoms with Gasteiger partial charge in [0, 0.05) is 38.1 Å². The van der Waals surface area contributed by atoms with Crippen LogP contribution in [-0.4, -0.2) is 43.6 Å². The van der Waals surface area contributed by atoms with E-state index >= 15 is 0 Å². The van der Waals surface area contributed by atoms with Crippen LogP contribution in [0.5, 0.6) is 0 Å². The molecular formula is C15H24N4O. The van der Waals surface area contributed by atoms with Gasteiger partial charge in [0.25, 0.3) is 5.91 Å². The highest BCUT2D eigenvalue weighted by Crippen LogP contribution is 2.17. The van der Waals surface area contributed by atoms with Crippen LogP contribution >= 0.6 is 0 Å². The highest BCUT2D eigenvalue weighted by atomic mass is 16.1. The van der Waals surface area contributed by atoms with Gasteiger partial charge in [-0.25, -0.2) is 0 Å². The van der Waals surface area contributed by atoms with Crippen molar-refractivity contribution in [1.29, 1.82) is 0 Å². The van der Waals surface area contributed by atoms with E-state index in [0.29, 0.717) is 11.7 Å². The molecule has 0 aromatic carbocycles. The van der Waals surface area contributed by atoms with Crippen molar-refractivity contribution in [3.63, 3.8) is 0 Å². The molecule has 1 atom stereocenters. The molecule has 1 fully saturated rings. The summed E-state index contributed by atoms with van der Waals surface area (Å²) in [5.41, 5.74) is 1.54. The van der Waals surface area contributed by atoms with Crippen molar-refractivity contribution in [2.75, 3.05) is 31.6 Å². The third kappa shape index (κ3) is 3.70. The Bertz CT molecular complexity index is 443. The topological polar surface area (TPSA) is 57.3 Å². The van der Waals surface area contributed by atoms with Crippen molar-refractivity contribution in [2.24, 2.45) is 0 Å². The SMILES string of the molecule is CCN(CC1CCCCN1)c1ccnc(C(=O)NC)c1. The summed E-state index contributed by atoms with van der Waals surface area (Å²) in [5.74, 6) is -0.140. The molecule has 1 aromatic heterocycles. The van der Waals surface area contributed by atoms with E-state index in [0.717, 1.165) is 25.3 Å². The molecule has 2 N–H and O–H groups in total. The van der Waals surface area contributed by atoms with Gasteiger partial charge in [0.2, 0.25) is 0 Å². The molecule has 0 saturated carbocycles. The normalized spacial score (nSPS) is 18.6. The second kappa shape index (κ2) is 7.24. The Morgan fingerprint density at radius 1 is 1.55 bits per heavy atom. The van der Waals surface area contributed by atoms with Crippen LogP contribution in [0.1, 0.15) is 36.7 Å². The van der Waals surface area contributed by atoms with Crippen molar-refractivity contribution in [3.05, 3.63) is 24.0 Å². The molecule has 1 unspecified atom stereocenters. The van der Waals surface area contributed by atoms with E-state index in [2.05, 4.69) is 27.4 Å². The number of carbonyl (C=O) groups is 1. The maximum atomic E-state index is 11.7. The van der Waals surface area contributed by atoms with Crippen molar-refractivity contribution in [2.45, 2.75) is 32.2 Å². The molecule has 2 heterocycles. The molecule has 110 valence electrons. The van der Waals surface area contributed by atoms with Crippen molar-refractivity contribution in [3.8, 4) is 0 Å². The summed E-state index contributed by atoms with van der Waals surface area (Å²) in [6.07, 6.45) is 5.51. The first kappa shape index (κ1) is 14.8. The molecule has 2 rings (SSSR count). The Hall–Kier alpha value is -1.62. The van der Waals surface area contributed by atoms with Crippen LogP contribution in [0.25, 0.3) is 0 Å². The van der Waals surface area contributed by atoms with Gasteiger partial charge in [-0.2, -0.15) is 0 Å². The summed E-state index contributed by atoms with van der Waals surface area (Å²) < 4.78 is 0. The molecule has 5 nitrogen and oxygen atoms in total. The molecule has 1 aliphatic rings. The number of rotatable bonds is 5. The number of hydrogen-bond donors (Lipinski definition) is 2. The van der Waals surface area contributed by atoms with E-state index in [1.54, 1.807) is 13.2 Å². The van der Waals surface area contributed by atoms with Gasteiger partial charge in [-0.3, -0.25) is 9.78 Å². The lowest BCUT2D eigenvalue weighted by Gasteiger charge is -2.31. The number of pyridine rings is 1. The Kier molecular flexibility index (Phi) is 5.35. The van der Waals surface area contributed by atoms with E-state index < -0.39 is 0 Å². The highest BCUT2D eigenvalue weighted by molar-refractivity contribution is 5.92. The van der Waals surface area contributed by atoms with E-state index in [4.69, 9.17) is 0 Å². The number of nitrogens with one attached hydrogen (secondary N) is 2. The molecule has 5 heteroatoms. The van der Waals surface area contributed by atoms with E-state index in [1.165, 1.54) is 19.3 Å². The standard InChI is InChI=1S/C15H24N4O/c1-3-19(11-12-6-4-5-8-17-12)13-7-9-18-14(10-13)15(20)16-2/h7,9-10,12,17H,3-6,8,11H2,1-2H3,(H,16,20). The fourth-order valence-corrected chi connectivity index (χ4v) is 2.63. The van der Waals surface area contributed by atoms with Crippen LogP contribution in [0.3, 0.4) is 0 Å². The van der Waals surface area contributed by atoms with Crippen LogP contribution in [-0.2, 0) is 0 Å². The zero-order chi connectivity index (χ0) is 14.4. The summed E-state index contributed by atoms with van der Waals surface area (Å²) in [6.45, 7) is 5.16. The second-order valence-electron chi connectivity index (χ2n) is 5.16. The molecule has 0 radical (unpaired) electrons. The van der Waals surface area contributed by atoms with Crippen LogP contribution in [0.15, 0.2) is 18.3 Å². The van der Waals surface area contributed by atoms with Crippen molar-refractivity contribution < 1.29 is 4.79 Å². The van der Waals surface area contributed by atoms with E-state index in [9.17, 15) is 4.79 Å². The highest BCUT2D eigenvalue weighted by Gasteiger charge is 2.17. The average molecular weight is 276 g/mol. The van der Waals surface area contributed by atoms with Crippen LogP contribution in [0, 0.1) is 0 Å². The minimum absolute atomic E-state index is 0.140.